The number of carbonyl (C=O) groups excluding carboxylic acids is 2. The third-order valence-corrected chi connectivity index (χ3v) is 6.73. The molecule has 4 aromatic rings. The number of anilines is 2. The van der Waals surface area contributed by atoms with Gasteiger partial charge in [-0.05, 0) is 73.9 Å². The van der Waals surface area contributed by atoms with Crippen LogP contribution in [0.25, 0.3) is 16.9 Å². The Labute approximate surface area is 204 Å². The molecular formula is C28H28N4O3. The lowest BCUT2D eigenvalue weighted by atomic mass is 10.1. The predicted octanol–water partition coefficient (Wildman–Crippen LogP) is 4.93. The Morgan fingerprint density at radius 1 is 1.06 bits per heavy atom. The smallest absolute Gasteiger partial charge is 0.229 e. The highest BCUT2D eigenvalue weighted by atomic mass is 16.5. The molecule has 2 aromatic carbocycles. The minimum Gasteiger partial charge on any atom is -0.495 e. The first-order valence-corrected chi connectivity index (χ1v) is 11.7. The fourth-order valence-electron chi connectivity index (χ4n) is 4.52. The van der Waals surface area contributed by atoms with E-state index in [2.05, 4.69) is 5.32 Å². The third-order valence-electron chi connectivity index (χ3n) is 6.73. The second-order valence-electron chi connectivity index (χ2n) is 9.13. The standard InChI is InChI=1S/C28H28N4O3/c1-17-7-9-22(12-19(17)3)32-15-21(14-26(32)33)28(34)30-23-13-20(8-10-25(23)35-4)24-16-31-11-5-6-18(2)27(31)29-24/h5-13,16,21H,14-15H2,1-4H3,(H,30,34). The molecule has 0 aliphatic carbocycles. The zero-order valence-electron chi connectivity index (χ0n) is 20.3. The summed E-state index contributed by atoms with van der Waals surface area (Å²) in [5.74, 6) is -0.145. The number of pyridine rings is 1. The van der Waals surface area contributed by atoms with E-state index in [1.165, 1.54) is 5.56 Å². The molecule has 5 rings (SSSR count). The molecule has 1 fully saturated rings. The van der Waals surface area contributed by atoms with Crippen molar-refractivity contribution in [2.45, 2.75) is 27.2 Å². The van der Waals surface area contributed by atoms with E-state index in [1.54, 1.807) is 12.0 Å². The maximum atomic E-state index is 13.2. The molecule has 1 N–H and O–H groups in total. The van der Waals surface area contributed by atoms with Gasteiger partial charge in [-0.1, -0.05) is 12.1 Å². The number of hydrogen-bond donors (Lipinski definition) is 1. The molecule has 2 amide bonds. The summed E-state index contributed by atoms with van der Waals surface area (Å²) in [6.45, 7) is 6.43. The van der Waals surface area contributed by atoms with Crippen LogP contribution in [0.2, 0.25) is 0 Å². The van der Waals surface area contributed by atoms with Gasteiger partial charge in [0.05, 0.1) is 24.4 Å². The minimum absolute atomic E-state index is 0.0470. The number of hydrogen-bond acceptors (Lipinski definition) is 4. The first kappa shape index (κ1) is 22.7. The SMILES string of the molecule is COc1ccc(-c2cn3cccc(C)c3n2)cc1NC(=O)C1CC(=O)N(c2ccc(C)c(C)c2)C1. The number of nitrogens with one attached hydrogen (secondary N) is 1. The Balaban J connectivity index is 1.38. The van der Waals surface area contributed by atoms with Gasteiger partial charge in [-0.15, -0.1) is 0 Å². The van der Waals surface area contributed by atoms with Gasteiger partial charge in [-0.2, -0.15) is 0 Å². The number of ether oxygens (including phenoxy) is 1. The van der Waals surface area contributed by atoms with Crippen molar-refractivity contribution in [3.05, 3.63) is 77.6 Å². The van der Waals surface area contributed by atoms with E-state index >= 15 is 0 Å². The van der Waals surface area contributed by atoms with Crippen molar-refractivity contribution in [3.8, 4) is 17.0 Å². The number of carbonyl (C=O) groups is 2. The Hall–Kier alpha value is -4.13. The normalized spacial score (nSPS) is 15.6. The molecule has 1 aliphatic rings. The van der Waals surface area contributed by atoms with E-state index in [1.807, 2.05) is 86.1 Å². The Bertz CT molecular complexity index is 1460. The molecule has 1 saturated heterocycles. The highest BCUT2D eigenvalue weighted by molar-refractivity contribution is 6.04. The summed E-state index contributed by atoms with van der Waals surface area (Å²) in [7, 11) is 1.57. The molecule has 35 heavy (non-hydrogen) atoms. The van der Waals surface area contributed by atoms with Crippen molar-refractivity contribution in [2.24, 2.45) is 5.92 Å². The summed E-state index contributed by atoms with van der Waals surface area (Å²) in [6.07, 6.45) is 4.10. The van der Waals surface area contributed by atoms with Crippen LogP contribution in [0, 0.1) is 26.7 Å². The van der Waals surface area contributed by atoms with Crippen LogP contribution in [-0.2, 0) is 9.59 Å². The zero-order valence-corrected chi connectivity index (χ0v) is 20.3. The molecule has 0 spiro atoms. The molecule has 1 aliphatic heterocycles. The summed E-state index contributed by atoms with van der Waals surface area (Å²) in [5.41, 5.74) is 7.31. The van der Waals surface area contributed by atoms with Gasteiger partial charge in [-0.25, -0.2) is 4.98 Å². The molecule has 1 unspecified atom stereocenters. The number of aryl methyl sites for hydroxylation is 3. The van der Waals surface area contributed by atoms with E-state index in [9.17, 15) is 9.59 Å². The molecule has 0 saturated carbocycles. The first-order chi connectivity index (χ1) is 16.8. The number of fused-ring (bicyclic) bond motifs is 1. The first-order valence-electron chi connectivity index (χ1n) is 11.7. The van der Waals surface area contributed by atoms with Crippen LogP contribution >= 0.6 is 0 Å². The molecule has 0 bridgehead atoms. The summed E-state index contributed by atoms with van der Waals surface area (Å²) < 4.78 is 7.48. The second-order valence-corrected chi connectivity index (χ2v) is 9.13. The Kier molecular flexibility index (Phi) is 5.76. The van der Waals surface area contributed by atoms with Crippen molar-refractivity contribution in [2.75, 3.05) is 23.9 Å². The Morgan fingerprint density at radius 3 is 2.63 bits per heavy atom. The van der Waals surface area contributed by atoms with Gasteiger partial charge in [-0.3, -0.25) is 9.59 Å². The number of amides is 2. The average Bonchev–Trinajstić information content (AvgIpc) is 3.46. The number of benzene rings is 2. The number of methoxy groups -OCH3 is 1. The highest BCUT2D eigenvalue weighted by Crippen LogP contribution is 2.33. The summed E-state index contributed by atoms with van der Waals surface area (Å²) in [4.78, 5) is 32.4. The fraction of sp³-hybridized carbons (Fsp3) is 0.250. The van der Waals surface area contributed by atoms with Crippen LogP contribution in [0.3, 0.4) is 0 Å². The lowest BCUT2D eigenvalue weighted by Crippen LogP contribution is -2.28. The van der Waals surface area contributed by atoms with Gasteiger partial charge in [0.25, 0.3) is 0 Å². The van der Waals surface area contributed by atoms with Crippen molar-refractivity contribution >= 4 is 28.8 Å². The number of imidazole rings is 1. The van der Waals surface area contributed by atoms with Crippen LogP contribution < -0.4 is 15.0 Å². The minimum atomic E-state index is -0.449. The largest absolute Gasteiger partial charge is 0.495 e. The van der Waals surface area contributed by atoms with Gasteiger partial charge >= 0.3 is 0 Å². The molecule has 0 radical (unpaired) electrons. The summed E-state index contributed by atoms with van der Waals surface area (Å²) >= 11 is 0. The fourth-order valence-corrected chi connectivity index (χ4v) is 4.52. The molecule has 178 valence electrons. The van der Waals surface area contributed by atoms with Crippen LogP contribution in [0.4, 0.5) is 11.4 Å². The van der Waals surface area contributed by atoms with Gasteiger partial charge in [0.2, 0.25) is 11.8 Å². The zero-order chi connectivity index (χ0) is 24.7. The Morgan fingerprint density at radius 2 is 1.89 bits per heavy atom. The van der Waals surface area contributed by atoms with Gasteiger partial charge in [0.15, 0.2) is 0 Å². The lowest BCUT2D eigenvalue weighted by molar-refractivity contribution is -0.122. The second kappa shape index (κ2) is 8.91. The molecule has 7 nitrogen and oxygen atoms in total. The molecule has 3 heterocycles. The maximum absolute atomic E-state index is 13.2. The summed E-state index contributed by atoms with van der Waals surface area (Å²) in [5, 5.41) is 2.99. The van der Waals surface area contributed by atoms with Crippen molar-refractivity contribution < 1.29 is 14.3 Å². The van der Waals surface area contributed by atoms with E-state index in [4.69, 9.17) is 9.72 Å². The van der Waals surface area contributed by atoms with Crippen LogP contribution in [-0.4, -0.2) is 34.9 Å². The third kappa shape index (κ3) is 4.25. The average molecular weight is 469 g/mol. The van der Waals surface area contributed by atoms with E-state index < -0.39 is 5.92 Å². The van der Waals surface area contributed by atoms with Crippen LogP contribution in [0.15, 0.2) is 60.9 Å². The van der Waals surface area contributed by atoms with Crippen LogP contribution in [0.1, 0.15) is 23.1 Å². The van der Waals surface area contributed by atoms with E-state index in [-0.39, 0.29) is 18.2 Å². The highest BCUT2D eigenvalue weighted by Gasteiger charge is 2.35. The monoisotopic (exact) mass is 468 g/mol. The molecule has 1 atom stereocenters. The number of nitrogens with zero attached hydrogens (tertiary/aromatic N) is 3. The topological polar surface area (TPSA) is 75.9 Å². The molecular weight excluding hydrogens is 440 g/mol. The van der Waals surface area contributed by atoms with E-state index in [0.717, 1.165) is 33.7 Å². The maximum Gasteiger partial charge on any atom is 0.229 e. The lowest BCUT2D eigenvalue weighted by Gasteiger charge is -2.18. The predicted molar refractivity (Wildman–Crippen MR) is 137 cm³/mol. The van der Waals surface area contributed by atoms with Gasteiger partial charge in [0, 0.05) is 36.6 Å². The molecule has 2 aromatic heterocycles. The van der Waals surface area contributed by atoms with Crippen molar-refractivity contribution in [3.63, 3.8) is 0 Å². The summed E-state index contributed by atoms with van der Waals surface area (Å²) in [6, 6.07) is 15.6. The van der Waals surface area contributed by atoms with Crippen LogP contribution in [0.5, 0.6) is 5.75 Å². The quantitative estimate of drug-likeness (QED) is 0.451. The van der Waals surface area contributed by atoms with Gasteiger partial charge in [0.1, 0.15) is 11.4 Å². The van der Waals surface area contributed by atoms with E-state index in [0.29, 0.717) is 18.0 Å². The van der Waals surface area contributed by atoms with Crippen molar-refractivity contribution in [1.82, 2.24) is 9.38 Å². The number of aromatic nitrogens is 2. The number of rotatable bonds is 5. The molecule has 7 heteroatoms. The van der Waals surface area contributed by atoms with Crippen molar-refractivity contribution in [1.29, 1.82) is 0 Å². The van der Waals surface area contributed by atoms with Gasteiger partial charge < -0.3 is 19.4 Å².